The third kappa shape index (κ3) is 2.61. The van der Waals surface area contributed by atoms with E-state index in [1.54, 1.807) is 28.8 Å². The molecular weight excluding hydrogens is 297 g/mol. The molecule has 0 aliphatic rings. The Labute approximate surface area is 132 Å². The second-order valence-corrected chi connectivity index (χ2v) is 5.21. The minimum atomic E-state index is -0.431. The maximum absolute atomic E-state index is 13.0. The number of methoxy groups -OCH3 is 1. The summed E-state index contributed by atoms with van der Waals surface area (Å²) in [5.41, 5.74) is 2.89. The number of pyridine rings is 1. The van der Waals surface area contributed by atoms with Crippen molar-refractivity contribution in [2.45, 2.75) is 6.92 Å². The lowest BCUT2D eigenvalue weighted by Crippen LogP contribution is -2.06. The Balaban J connectivity index is 2.10. The van der Waals surface area contributed by atoms with E-state index in [-0.39, 0.29) is 11.6 Å². The zero-order valence-corrected chi connectivity index (χ0v) is 12.7. The third-order valence-corrected chi connectivity index (χ3v) is 3.73. The fraction of sp³-hybridized carbons (Fsp3) is 0.111. The first kappa shape index (κ1) is 15.0. The van der Waals surface area contributed by atoms with Crippen LogP contribution in [-0.4, -0.2) is 23.3 Å². The first-order valence-corrected chi connectivity index (χ1v) is 7.01. The number of esters is 1. The molecule has 0 fully saturated rings. The Morgan fingerprint density at radius 1 is 1.04 bits per heavy atom. The number of hydrogen-bond acceptors (Lipinski definition) is 3. The van der Waals surface area contributed by atoms with Gasteiger partial charge >= 0.3 is 5.97 Å². The summed E-state index contributed by atoms with van der Waals surface area (Å²) in [5.74, 6) is -1.03. The zero-order valence-electron chi connectivity index (χ0n) is 12.7. The van der Waals surface area contributed by atoms with Crippen LogP contribution < -0.4 is 0 Å². The molecule has 5 heteroatoms. The molecule has 23 heavy (non-hydrogen) atoms. The Morgan fingerprint density at radius 2 is 1.74 bits per heavy atom. The van der Waals surface area contributed by atoms with Crippen LogP contribution in [0.3, 0.4) is 0 Å². The zero-order chi connectivity index (χ0) is 16.6. The van der Waals surface area contributed by atoms with Crippen molar-refractivity contribution in [1.29, 1.82) is 0 Å². The normalized spacial score (nSPS) is 10.7. The predicted molar refractivity (Wildman–Crippen MR) is 83.3 cm³/mol. The quantitative estimate of drug-likeness (QED) is 0.550. The van der Waals surface area contributed by atoms with Gasteiger partial charge in [-0.05, 0) is 55.0 Å². The van der Waals surface area contributed by atoms with E-state index in [1.807, 2.05) is 6.92 Å². The van der Waals surface area contributed by atoms with Gasteiger partial charge < -0.3 is 9.14 Å². The van der Waals surface area contributed by atoms with E-state index in [0.717, 1.165) is 11.1 Å². The van der Waals surface area contributed by atoms with Crippen molar-refractivity contribution in [2.75, 3.05) is 7.11 Å². The average Bonchev–Trinajstić information content (AvgIpc) is 2.90. The Bertz CT molecular complexity index is 910. The first-order valence-electron chi connectivity index (χ1n) is 7.01. The minimum absolute atomic E-state index is 0.209. The first-order chi connectivity index (χ1) is 11.0. The highest BCUT2D eigenvalue weighted by molar-refractivity contribution is 6.09. The molecule has 0 aliphatic heterocycles. The standard InChI is InChI=1S/C18H14FNO3/c1-11-9-16(17(21)12-3-5-14(19)6-4-12)20-8-7-13(10-15(11)20)18(22)23-2/h3-10H,1-2H3. The second-order valence-electron chi connectivity index (χ2n) is 5.21. The van der Waals surface area contributed by atoms with Crippen LogP contribution in [0.2, 0.25) is 0 Å². The summed E-state index contributed by atoms with van der Waals surface area (Å²) < 4.78 is 19.4. The van der Waals surface area contributed by atoms with Crippen LogP contribution in [0.4, 0.5) is 4.39 Å². The van der Waals surface area contributed by atoms with Gasteiger partial charge in [0.15, 0.2) is 0 Å². The van der Waals surface area contributed by atoms with Crippen LogP contribution in [0, 0.1) is 12.7 Å². The molecule has 0 atom stereocenters. The molecule has 4 nitrogen and oxygen atoms in total. The molecule has 116 valence electrons. The maximum atomic E-state index is 13.0. The van der Waals surface area contributed by atoms with E-state index in [0.29, 0.717) is 16.8 Å². The summed E-state index contributed by atoms with van der Waals surface area (Å²) in [7, 11) is 1.32. The lowest BCUT2D eigenvalue weighted by molar-refractivity contribution is 0.0600. The number of carbonyl (C=O) groups is 2. The molecule has 0 unspecified atom stereocenters. The molecule has 1 aromatic carbocycles. The Morgan fingerprint density at radius 3 is 2.39 bits per heavy atom. The SMILES string of the molecule is COC(=O)c1ccn2c(C(=O)c3ccc(F)cc3)cc(C)c2c1. The van der Waals surface area contributed by atoms with Gasteiger partial charge in [-0.3, -0.25) is 4.79 Å². The van der Waals surface area contributed by atoms with Crippen LogP contribution in [0.15, 0.2) is 48.7 Å². The molecule has 0 saturated heterocycles. The average molecular weight is 311 g/mol. The second kappa shape index (κ2) is 5.68. The number of ether oxygens (including phenoxy) is 1. The van der Waals surface area contributed by atoms with Gasteiger partial charge in [0.25, 0.3) is 0 Å². The van der Waals surface area contributed by atoms with Crippen LogP contribution in [0.1, 0.15) is 32.0 Å². The highest BCUT2D eigenvalue weighted by atomic mass is 19.1. The number of fused-ring (bicyclic) bond motifs is 1. The van der Waals surface area contributed by atoms with Gasteiger partial charge in [0.2, 0.25) is 5.78 Å². The van der Waals surface area contributed by atoms with Crippen molar-refractivity contribution in [2.24, 2.45) is 0 Å². The molecule has 3 aromatic rings. The van der Waals surface area contributed by atoms with Crippen molar-refractivity contribution in [3.05, 3.63) is 76.9 Å². The highest BCUT2D eigenvalue weighted by Gasteiger charge is 2.17. The number of benzene rings is 1. The lowest BCUT2D eigenvalue weighted by atomic mass is 10.1. The third-order valence-electron chi connectivity index (χ3n) is 3.73. The number of hydrogen-bond donors (Lipinski definition) is 0. The van der Waals surface area contributed by atoms with Crippen molar-refractivity contribution in [3.8, 4) is 0 Å². The molecular formula is C18H14FNO3. The van der Waals surface area contributed by atoms with E-state index in [1.165, 1.54) is 31.4 Å². The van der Waals surface area contributed by atoms with Crippen LogP contribution in [0.5, 0.6) is 0 Å². The van der Waals surface area contributed by atoms with Crippen molar-refractivity contribution in [3.63, 3.8) is 0 Å². The molecule has 0 N–H and O–H groups in total. The monoisotopic (exact) mass is 311 g/mol. The highest BCUT2D eigenvalue weighted by Crippen LogP contribution is 2.21. The van der Waals surface area contributed by atoms with E-state index in [9.17, 15) is 14.0 Å². The lowest BCUT2D eigenvalue weighted by Gasteiger charge is -2.05. The smallest absolute Gasteiger partial charge is 0.337 e. The fourth-order valence-electron chi connectivity index (χ4n) is 2.53. The Hall–Kier alpha value is -2.95. The van der Waals surface area contributed by atoms with Gasteiger partial charge in [0.1, 0.15) is 5.82 Å². The summed E-state index contributed by atoms with van der Waals surface area (Å²) in [6.45, 7) is 1.86. The number of carbonyl (C=O) groups excluding carboxylic acids is 2. The molecule has 0 spiro atoms. The summed E-state index contributed by atoms with van der Waals surface area (Å²) >= 11 is 0. The topological polar surface area (TPSA) is 47.8 Å². The molecule has 0 bridgehead atoms. The summed E-state index contributed by atoms with van der Waals surface area (Å²) in [4.78, 5) is 24.3. The van der Waals surface area contributed by atoms with Gasteiger partial charge in [-0.1, -0.05) is 0 Å². The molecule has 2 aromatic heterocycles. The number of nitrogens with zero attached hydrogens (tertiary/aromatic N) is 1. The van der Waals surface area contributed by atoms with Crippen molar-refractivity contribution < 1.29 is 18.7 Å². The Kier molecular flexibility index (Phi) is 3.70. The molecule has 2 heterocycles. The molecule has 0 radical (unpaired) electrons. The van der Waals surface area contributed by atoms with Gasteiger partial charge in [0.05, 0.1) is 18.4 Å². The van der Waals surface area contributed by atoms with Crippen LogP contribution >= 0.6 is 0 Å². The largest absolute Gasteiger partial charge is 0.465 e. The number of rotatable bonds is 3. The van der Waals surface area contributed by atoms with E-state index in [4.69, 9.17) is 4.74 Å². The van der Waals surface area contributed by atoms with Gasteiger partial charge in [-0.25, -0.2) is 9.18 Å². The summed E-state index contributed by atoms with van der Waals surface area (Å²) in [5, 5.41) is 0. The van der Waals surface area contributed by atoms with Crippen LogP contribution in [-0.2, 0) is 4.74 Å². The number of aryl methyl sites for hydroxylation is 1. The summed E-state index contributed by atoms with van der Waals surface area (Å²) in [6.07, 6.45) is 1.66. The van der Waals surface area contributed by atoms with Gasteiger partial charge in [0, 0.05) is 17.3 Å². The molecule has 0 amide bonds. The van der Waals surface area contributed by atoms with E-state index >= 15 is 0 Å². The van der Waals surface area contributed by atoms with Gasteiger partial charge in [-0.15, -0.1) is 0 Å². The van der Waals surface area contributed by atoms with Gasteiger partial charge in [-0.2, -0.15) is 0 Å². The minimum Gasteiger partial charge on any atom is -0.465 e. The van der Waals surface area contributed by atoms with Crippen molar-refractivity contribution >= 4 is 17.3 Å². The predicted octanol–water partition coefficient (Wildman–Crippen LogP) is 3.40. The molecule has 0 aliphatic carbocycles. The fourth-order valence-corrected chi connectivity index (χ4v) is 2.53. The van der Waals surface area contributed by atoms with E-state index in [2.05, 4.69) is 0 Å². The maximum Gasteiger partial charge on any atom is 0.337 e. The number of ketones is 1. The van der Waals surface area contributed by atoms with E-state index < -0.39 is 5.97 Å². The number of aromatic nitrogens is 1. The molecule has 0 saturated carbocycles. The van der Waals surface area contributed by atoms with Crippen LogP contribution in [0.25, 0.3) is 5.52 Å². The van der Waals surface area contributed by atoms with Crippen molar-refractivity contribution in [1.82, 2.24) is 4.40 Å². The number of halogens is 1. The molecule has 3 rings (SSSR count). The summed E-state index contributed by atoms with van der Waals surface area (Å²) in [6, 6.07) is 10.4.